The van der Waals surface area contributed by atoms with Crippen molar-refractivity contribution in [2.75, 3.05) is 29.8 Å². The summed E-state index contributed by atoms with van der Waals surface area (Å²) in [7, 11) is -0.566. The molecule has 1 aliphatic heterocycles. The lowest BCUT2D eigenvalue weighted by molar-refractivity contribution is -0.213. The number of benzene rings is 1. The lowest BCUT2D eigenvalue weighted by Crippen LogP contribution is -2.42. The van der Waals surface area contributed by atoms with Crippen LogP contribution in [0.4, 0.5) is 11.4 Å². The van der Waals surface area contributed by atoms with Crippen LogP contribution in [-0.2, 0) is 42.9 Å². The van der Waals surface area contributed by atoms with Gasteiger partial charge in [0.25, 0.3) is 0 Å². The molecule has 32 heavy (non-hydrogen) atoms. The number of aryl methyl sites for hydroxylation is 3. The standard InChI is InChI=1S/C22H30N6O3S/c1-26-10-9-17(13-26)28(18-12-23-27(2)14-18)32(30,31)25-22(29)24-21-19-7-3-5-15(19)11-16-6-4-8-20(16)21/h11-12,14,17H,3-10,13H2,1-2H3,(H2,24,25,29)/p-1. The molecule has 1 fully saturated rings. The number of aromatic nitrogens is 2. The highest BCUT2D eigenvalue weighted by molar-refractivity contribution is 7.91. The molecule has 0 amide bonds. The molecule has 2 aromatic rings. The number of fused-ring (bicyclic) bond motifs is 2. The molecular weight excluding hydrogens is 428 g/mol. The monoisotopic (exact) mass is 457 g/mol. The maximum Gasteiger partial charge on any atom is 0.345 e. The number of rotatable bonds is 5. The second-order valence-electron chi connectivity index (χ2n) is 9.11. The molecule has 1 aromatic heterocycles. The van der Waals surface area contributed by atoms with Gasteiger partial charge in [0.1, 0.15) is 0 Å². The predicted molar refractivity (Wildman–Crippen MR) is 122 cm³/mol. The van der Waals surface area contributed by atoms with Crippen molar-refractivity contribution in [3.63, 3.8) is 0 Å². The zero-order valence-corrected chi connectivity index (χ0v) is 19.4. The molecule has 9 nitrogen and oxygen atoms in total. The number of amidine groups is 1. The fourth-order valence-electron chi connectivity index (χ4n) is 5.40. The van der Waals surface area contributed by atoms with Crippen molar-refractivity contribution in [3.05, 3.63) is 40.7 Å². The highest BCUT2D eigenvalue weighted by Gasteiger charge is 2.35. The number of likely N-dealkylation sites (tertiary alicyclic amines) is 1. The van der Waals surface area contributed by atoms with E-state index in [4.69, 9.17) is 0 Å². The molecule has 1 N–H and O–H groups in total. The van der Waals surface area contributed by atoms with E-state index in [-0.39, 0.29) is 6.04 Å². The second kappa shape index (κ2) is 8.08. The predicted octanol–water partition coefficient (Wildman–Crippen LogP) is 0.981. The van der Waals surface area contributed by atoms with Crippen LogP contribution in [-0.4, -0.2) is 55.3 Å². The summed E-state index contributed by atoms with van der Waals surface area (Å²) in [5, 5.41) is 19.9. The number of hydrogen-bond donors (Lipinski definition) is 1. The Morgan fingerprint density at radius 2 is 1.88 bits per heavy atom. The molecule has 2 heterocycles. The van der Waals surface area contributed by atoms with E-state index < -0.39 is 16.2 Å². The minimum absolute atomic E-state index is 0.295. The molecule has 1 aromatic carbocycles. The summed E-state index contributed by atoms with van der Waals surface area (Å²) in [4.78, 5) is 2.07. The van der Waals surface area contributed by atoms with E-state index in [9.17, 15) is 13.5 Å². The van der Waals surface area contributed by atoms with Crippen LogP contribution < -0.4 is 14.7 Å². The molecule has 2 aliphatic carbocycles. The molecule has 0 saturated carbocycles. The average Bonchev–Trinajstić information content (AvgIpc) is 3.49. The number of hydrogen-bond acceptors (Lipinski definition) is 5. The number of anilines is 2. The molecule has 3 aliphatic rings. The lowest BCUT2D eigenvalue weighted by Gasteiger charge is -2.28. The van der Waals surface area contributed by atoms with Crippen molar-refractivity contribution in [2.24, 2.45) is 11.4 Å². The molecule has 1 atom stereocenters. The Morgan fingerprint density at radius 1 is 1.19 bits per heavy atom. The molecule has 5 rings (SSSR count). The topological polar surface area (TPSA) is 106 Å². The maximum atomic E-state index is 13.3. The highest BCUT2D eigenvalue weighted by Crippen LogP contribution is 2.38. The van der Waals surface area contributed by atoms with Crippen LogP contribution in [0.25, 0.3) is 0 Å². The van der Waals surface area contributed by atoms with Gasteiger partial charge in [-0.2, -0.15) is 13.5 Å². The van der Waals surface area contributed by atoms with Gasteiger partial charge in [0.05, 0.1) is 23.9 Å². The van der Waals surface area contributed by atoms with E-state index in [0.717, 1.165) is 61.9 Å². The Labute approximate surface area is 188 Å². The summed E-state index contributed by atoms with van der Waals surface area (Å²) < 4.78 is 33.2. The Morgan fingerprint density at radius 3 is 2.44 bits per heavy atom. The summed E-state index contributed by atoms with van der Waals surface area (Å²) in [6, 6.07) is 1.14. The Bertz CT molecular complexity index is 1140. The van der Waals surface area contributed by atoms with Crippen LogP contribution in [0, 0.1) is 0 Å². The van der Waals surface area contributed by atoms with E-state index in [2.05, 4.69) is 25.8 Å². The Balaban J connectivity index is 1.48. The molecule has 1 saturated heterocycles. The summed E-state index contributed by atoms with van der Waals surface area (Å²) in [6.07, 6.45) is 9.74. The molecular formula is C22H29N6O3S-. The first-order valence-corrected chi connectivity index (χ1v) is 12.6. The first-order chi connectivity index (χ1) is 15.3. The average molecular weight is 458 g/mol. The van der Waals surface area contributed by atoms with Gasteiger partial charge in [-0.3, -0.25) is 4.68 Å². The third-order valence-corrected chi connectivity index (χ3v) is 8.20. The minimum atomic E-state index is -4.25. The van der Waals surface area contributed by atoms with Crippen LogP contribution in [0.15, 0.2) is 22.9 Å². The molecule has 1 unspecified atom stereocenters. The van der Waals surface area contributed by atoms with E-state index in [0.29, 0.717) is 18.7 Å². The summed E-state index contributed by atoms with van der Waals surface area (Å²) >= 11 is 0. The fourth-order valence-corrected chi connectivity index (χ4v) is 6.66. The molecule has 172 valence electrons. The van der Waals surface area contributed by atoms with Gasteiger partial charge in [0.2, 0.25) is 0 Å². The Hall–Kier alpha value is -2.59. The SMILES string of the molecule is CN1CCC(N(c2cnn(C)c2)S(=O)(=O)/N=C(\[O-])Nc2c3c(cc4c2CCC4)CCC3)C1. The molecule has 0 radical (unpaired) electrons. The van der Waals surface area contributed by atoms with Crippen LogP contribution >= 0.6 is 0 Å². The third kappa shape index (κ3) is 3.86. The highest BCUT2D eigenvalue weighted by atomic mass is 32.2. The quantitative estimate of drug-likeness (QED) is 0.530. The van der Waals surface area contributed by atoms with E-state index >= 15 is 0 Å². The van der Waals surface area contributed by atoms with Crippen molar-refractivity contribution < 1.29 is 13.5 Å². The van der Waals surface area contributed by atoms with Gasteiger partial charge in [-0.05, 0) is 80.8 Å². The van der Waals surface area contributed by atoms with Gasteiger partial charge in [0.15, 0.2) is 0 Å². The van der Waals surface area contributed by atoms with Gasteiger partial charge >= 0.3 is 10.2 Å². The van der Waals surface area contributed by atoms with E-state index in [1.807, 2.05) is 7.05 Å². The Kier molecular flexibility index (Phi) is 5.37. The summed E-state index contributed by atoms with van der Waals surface area (Å²) in [5.41, 5.74) is 6.06. The van der Waals surface area contributed by atoms with Crippen molar-refractivity contribution in [1.29, 1.82) is 0 Å². The van der Waals surface area contributed by atoms with Gasteiger partial charge in [-0.25, -0.2) is 4.31 Å². The van der Waals surface area contributed by atoms with Gasteiger partial charge in [0, 0.05) is 25.5 Å². The zero-order chi connectivity index (χ0) is 22.5. The van der Waals surface area contributed by atoms with Crippen LogP contribution in [0.1, 0.15) is 41.5 Å². The van der Waals surface area contributed by atoms with Gasteiger partial charge in [-0.1, -0.05) is 6.07 Å². The number of likely N-dealkylation sites (N-methyl/N-ethyl adjacent to an activating group) is 1. The third-order valence-electron chi connectivity index (χ3n) is 6.80. The minimum Gasteiger partial charge on any atom is -0.845 e. The summed E-state index contributed by atoms with van der Waals surface area (Å²) in [5.74, 6) is 0. The lowest BCUT2D eigenvalue weighted by atomic mass is 9.99. The zero-order valence-electron chi connectivity index (χ0n) is 18.5. The number of nitrogens with one attached hydrogen (secondary N) is 1. The van der Waals surface area contributed by atoms with Crippen LogP contribution in [0.2, 0.25) is 0 Å². The molecule has 10 heteroatoms. The maximum absolute atomic E-state index is 13.3. The van der Waals surface area contributed by atoms with Crippen molar-refractivity contribution in [1.82, 2.24) is 14.7 Å². The van der Waals surface area contributed by atoms with Crippen LogP contribution in [0.5, 0.6) is 0 Å². The smallest absolute Gasteiger partial charge is 0.345 e. The number of nitrogens with zero attached hydrogens (tertiary/aromatic N) is 5. The fraction of sp³-hybridized carbons (Fsp3) is 0.545. The summed E-state index contributed by atoms with van der Waals surface area (Å²) in [6.45, 7) is 1.36. The van der Waals surface area contributed by atoms with E-state index in [1.54, 1.807) is 17.9 Å². The van der Waals surface area contributed by atoms with Crippen molar-refractivity contribution >= 4 is 27.6 Å². The second-order valence-corrected chi connectivity index (χ2v) is 10.6. The van der Waals surface area contributed by atoms with Crippen molar-refractivity contribution in [2.45, 2.75) is 51.0 Å². The first-order valence-electron chi connectivity index (χ1n) is 11.2. The first kappa shape index (κ1) is 21.3. The van der Waals surface area contributed by atoms with Crippen molar-refractivity contribution in [3.8, 4) is 0 Å². The molecule has 0 bridgehead atoms. The van der Waals surface area contributed by atoms with Gasteiger partial charge in [-0.15, -0.1) is 4.40 Å². The normalized spacial score (nSPS) is 21.1. The van der Waals surface area contributed by atoms with Crippen LogP contribution in [0.3, 0.4) is 0 Å². The van der Waals surface area contributed by atoms with Gasteiger partial charge < -0.3 is 15.3 Å². The largest absolute Gasteiger partial charge is 0.845 e. The van der Waals surface area contributed by atoms with E-state index in [1.165, 1.54) is 21.6 Å². The molecule has 0 spiro atoms.